The Hall–Kier alpha value is -0.570. The van der Waals surface area contributed by atoms with Gasteiger partial charge >= 0.3 is 0 Å². The minimum Gasteiger partial charge on any atom is -0.314 e. The highest BCUT2D eigenvalue weighted by Crippen LogP contribution is 2.38. The Balaban J connectivity index is 1.86. The number of likely N-dealkylation sites (N-methyl/N-ethyl adjacent to an activating group) is 1. The van der Waals surface area contributed by atoms with Gasteiger partial charge in [0.1, 0.15) is 0 Å². The van der Waals surface area contributed by atoms with Crippen LogP contribution in [0.2, 0.25) is 5.02 Å². The molecule has 92 valence electrons. The Bertz CT molecular complexity index is 415. The van der Waals surface area contributed by atoms with E-state index in [-0.39, 0.29) is 0 Å². The fraction of sp³-hybridized carbons (Fsp3) is 0.571. The summed E-state index contributed by atoms with van der Waals surface area (Å²) in [6.45, 7) is 5.70. The van der Waals surface area contributed by atoms with E-state index in [4.69, 9.17) is 11.6 Å². The average molecular weight is 251 g/mol. The minimum absolute atomic E-state index is 0.611. The monoisotopic (exact) mass is 250 g/mol. The van der Waals surface area contributed by atoms with E-state index >= 15 is 0 Å². The number of fused-ring (bicyclic) bond motifs is 1. The zero-order valence-corrected chi connectivity index (χ0v) is 11.0. The highest BCUT2D eigenvalue weighted by Gasteiger charge is 2.33. The van der Waals surface area contributed by atoms with Crippen molar-refractivity contribution < 1.29 is 0 Å². The maximum atomic E-state index is 6.06. The van der Waals surface area contributed by atoms with E-state index in [2.05, 4.69) is 29.3 Å². The molecule has 0 bridgehead atoms. The average Bonchev–Trinajstić information content (AvgIpc) is 2.65. The molecule has 2 nitrogen and oxygen atoms in total. The van der Waals surface area contributed by atoms with Crippen LogP contribution < -0.4 is 5.32 Å². The van der Waals surface area contributed by atoms with Crippen molar-refractivity contribution in [1.29, 1.82) is 0 Å². The Kier molecular flexibility index (Phi) is 3.12. The van der Waals surface area contributed by atoms with Gasteiger partial charge in [0.2, 0.25) is 0 Å². The first-order valence-electron chi connectivity index (χ1n) is 6.54. The van der Waals surface area contributed by atoms with E-state index in [0.717, 1.165) is 30.7 Å². The summed E-state index contributed by atoms with van der Waals surface area (Å²) in [7, 11) is 0. The molecule has 1 unspecified atom stereocenters. The van der Waals surface area contributed by atoms with Crippen molar-refractivity contribution in [2.45, 2.75) is 31.8 Å². The lowest BCUT2D eigenvalue weighted by Gasteiger charge is -2.41. The Morgan fingerprint density at radius 2 is 2.24 bits per heavy atom. The molecule has 1 aromatic rings. The molecule has 0 saturated carbocycles. The molecule has 1 fully saturated rings. The van der Waals surface area contributed by atoms with Crippen molar-refractivity contribution in [1.82, 2.24) is 10.2 Å². The molecule has 3 rings (SSSR count). The van der Waals surface area contributed by atoms with Crippen LogP contribution >= 0.6 is 11.6 Å². The molecule has 1 atom stereocenters. The first kappa shape index (κ1) is 11.5. The summed E-state index contributed by atoms with van der Waals surface area (Å²) in [5.41, 5.74) is 2.95. The summed E-state index contributed by atoms with van der Waals surface area (Å²) >= 11 is 6.06. The van der Waals surface area contributed by atoms with Crippen LogP contribution in [0.5, 0.6) is 0 Å². The van der Waals surface area contributed by atoms with Gasteiger partial charge in [-0.1, -0.05) is 24.6 Å². The number of nitrogens with zero attached hydrogens (tertiary/aromatic N) is 1. The molecule has 1 aliphatic heterocycles. The molecule has 1 aliphatic carbocycles. The maximum Gasteiger partial charge on any atom is 0.0408 e. The maximum absolute atomic E-state index is 6.06. The molecule has 1 N–H and O–H groups in total. The van der Waals surface area contributed by atoms with Crippen LogP contribution in [0, 0.1) is 0 Å². The second kappa shape index (κ2) is 4.60. The van der Waals surface area contributed by atoms with Gasteiger partial charge in [0.25, 0.3) is 0 Å². The van der Waals surface area contributed by atoms with Gasteiger partial charge in [0, 0.05) is 30.2 Å². The third-order valence-corrected chi connectivity index (χ3v) is 4.38. The third-order valence-electron chi connectivity index (χ3n) is 4.15. The molecule has 3 heteroatoms. The second-order valence-electron chi connectivity index (χ2n) is 5.04. The predicted molar refractivity (Wildman–Crippen MR) is 71.6 cm³/mol. The van der Waals surface area contributed by atoms with Gasteiger partial charge in [-0.25, -0.2) is 0 Å². The van der Waals surface area contributed by atoms with E-state index in [1.54, 1.807) is 0 Å². The van der Waals surface area contributed by atoms with Gasteiger partial charge in [-0.3, -0.25) is 4.90 Å². The van der Waals surface area contributed by atoms with Crippen molar-refractivity contribution in [2.24, 2.45) is 0 Å². The Morgan fingerprint density at radius 1 is 1.41 bits per heavy atom. The number of aryl methyl sites for hydroxylation is 1. The topological polar surface area (TPSA) is 15.3 Å². The lowest BCUT2D eigenvalue weighted by atomic mass is 10.0. The first-order chi connectivity index (χ1) is 8.29. The van der Waals surface area contributed by atoms with E-state index in [9.17, 15) is 0 Å². The molecule has 1 aromatic carbocycles. The van der Waals surface area contributed by atoms with Crippen LogP contribution in [0.15, 0.2) is 18.2 Å². The standard InChI is InChI=1S/C14H19ClN2/c1-2-17(12-8-16-9-12)14-6-3-10-7-11(15)4-5-13(10)14/h4-5,7,12,14,16H,2-3,6,8-9H2,1H3. The van der Waals surface area contributed by atoms with Crippen LogP contribution in [-0.2, 0) is 6.42 Å². The number of nitrogens with one attached hydrogen (secondary N) is 1. The van der Waals surface area contributed by atoms with Crippen LogP contribution in [0.25, 0.3) is 0 Å². The van der Waals surface area contributed by atoms with E-state index < -0.39 is 0 Å². The summed E-state index contributed by atoms with van der Waals surface area (Å²) in [5.74, 6) is 0. The van der Waals surface area contributed by atoms with Gasteiger partial charge in [-0.2, -0.15) is 0 Å². The van der Waals surface area contributed by atoms with Crippen LogP contribution in [-0.4, -0.2) is 30.6 Å². The van der Waals surface area contributed by atoms with Crippen molar-refractivity contribution in [2.75, 3.05) is 19.6 Å². The summed E-state index contributed by atoms with van der Waals surface area (Å²) in [6.07, 6.45) is 2.43. The molecule has 0 radical (unpaired) electrons. The fourth-order valence-corrected chi connectivity index (χ4v) is 3.34. The molecular weight excluding hydrogens is 232 g/mol. The molecule has 0 spiro atoms. The molecule has 1 saturated heterocycles. The van der Waals surface area contributed by atoms with Gasteiger partial charge in [0.15, 0.2) is 0 Å². The number of rotatable bonds is 3. The first-order valence-corrected chi connectivity index (χ1v) is 6.92. The largest absolute Gasteiger partial charge is 0.314 e. The molecule has 0 amide bonds. The molecule has 17 heavy (non-hydrogen) atoms. The lowest BCUT2D eigenvalue weighted by molar-refractivity contribution is 0.101. The Morgan fingerprint density at radius 3 is 2.88 bits per heavy atom. The third kappa shape index (κ3) is 1.99. The summed E-state index contributed by atoms with van der Waals surface area (Å²) in [5, 5.41) is 4.24. The van der Waals surface area contributed by atoms with Crippen molar-refractivity contribution >= 4 is 11.6 Å². The normalized spacial score (nSPS) is 23.8. The van der Waals surface area contributed by atoms with Gasteiger partial charge < -0.3 is 5.32 Å². The van der Waals surface area contributed by atoms with Gasteiger partial charge in [0.05, 0.1) is 0 Å². The highest BCUT2D eigenvalue weighted by atomic mass is 35.5. The van der Waals surface area contributed by atoms with Gasteiger partial charge in [-0.05, 0) is 42.6 Å². The Labute approximate surface area is 108 Å². The SMILES string of the molecule is CCN(C1CNC1)C1CCc2cc(Cl)ccc21. The summed E-state index contributed by atoms with van der Waals surface area (Å²) in [6, 6.07) is 7.74. The van der Waals surface area contributed by atoms with Crippen LogP contribution in [0.3, 0.4) is 0 Å². The zero-order chi connectivity index (χ0) is 11.8. The number of halogens is 1. The van der Waals surface area contributed by atoms with Crippen molar-refractivity contribution in [3.8, 4) is 0 Å². The van der Waals surface area contributed by atoms with Crippen LogP contribution in [0.4, 0.5) is 0 Å². The van der Waals surface area contributed by atoms with Crippen molar-refractivity contribution in [3.63, 3.8) is 0 Å². The number of hydrogen-bond donors (Lipinski definition) is 1. The summed E-state index contributed by atoms with van der Waals surface area (Å²) < 4.78 is 0. The molecule has 1 heterocycles. The minimum atomic E-state index is 0.611. The van der Waals surface area contributed by atoms with Gasteiger partial charge in [-0.15, -0.1) is 0 Å². The van der Waals surface area contributed by atoms with Crippen molar-refractivity contribution in [3.05, 3.63) is 34.3 Å². The number of benzene rings is 1. The molecular formula is C14H19ClN2. The predicted octanol–water partition coefficient (Wildman–Crippen LogP) is 2.62. The quantitative estimate of drug-likeness (QED) is 0.887. The number of hydrogen-bond acceptors (Lipinski definition) is 2. The van der Waals surface area contributed by atoms with E-state index in [0.29, 0.717) is 6.04 Å². The van der Waals surface area contributed by atoms with E-state index in [1.807, 2.05) is 6.07 Å². The zero-order valence-electron chi connectivity index (χ0n) is 10.2. The smallest absolute Gasteiger partial charge is 0.0408 e. The summed E-state index contributed by atoms with van der Waals surface area (Å²) in [4.78, 5) is 2.65. The van der Waals surface area contributed by atoms with Crippen LogP contribution in [0.1, 0.15) is 30.5 Å². The van der Waals surface area contributed by atoms with E-state index in [1.165, 1.54) is 24.0 Å². The highest BCUT2D eigenvalue weighted by molar-refractivity contribution is 6.30. The lowest BCUT2D eigenvalue weighted by Crippen LogP contribution is -2.57. The fourth-order valence-electron chi connectivity index (χ4n) is 3.15. The molecule has 2 aliphatic rings. The second-order valence-corrected chi connectivity index (χ2v) is 5.48. The molecule has 0 aromatic heterocycles.